The van der Waals surface area contributed by atoms with Crippen LogP contribution in [0.3, 0.4) is 0 Å². The molecule has 0 radical (unpaired) electrons. The van der Waals surface area contributed by atoms with E-state index in [1.54, 1.807) is 22.9 Å². The van der Waals surface area contributed by atoms with Crippen molar-refractivity contribution >= 4 is 34.3 Å². The van der Waals surface area contributed by atoms with Crippen LogP contribution in [0.5, 0.6) is 0 Å². The number of aliphatic hydroxyl groups is 5. The third kappa shape index (κ3) is 3.86. The number of ether oxygens (including phenoxy) is 1. The van der Waals surface area contributed by atoms with E-state index in [1.807, 2.05) is 30.3 Å². The standard InChI is InChI=1S/C21H22ClNO6S/c22-13-2-1-3-14-17(13)16(30-12-6-4-11(9-24)5-7-12)8-23(14)21-20(28)19(27)18(26)15(10-25)29-21/h1-8,15,18-21,24-28H,9-10H2/t15-,18-,19+,20-,21-/m1/s1. The molecule has 1 aromatic heterocycles. The van der Waals surface area contributed by atoms with Crippen LogP contribution in [0.2, 0.25) is 5.02 Å². The zero-order valence-electron chi connectivity index (χ0n) is 15.8. The van der Waals surface area contributed by atoms with Crippen molar-refractivity contribution in [1.82, 2.24) is 4.57 Å². The molecule has 4 rings (SSSR count). The second-order valence-electron chi connectivity index (χ2n) is 7.16. The van der Waals surface area contributed by atoms with Crippen LogP contribution in [0, 0.1) is 0 Å². The maximum Gasteiger partial charge on any atom is 0.163 e. The minimum Gasteiger partial charge on any atom is -0.394 e. The Morgan fingerprint density at radius 1 is 0.967 bits per heavy atom. The summed E-state index contributed by atoms with van der Waals surface area (Å²) in [4.78, 5) is 1.74. The average molecular weight is 452 g/mol. The van der Waals surface area contributed by atoms with Gasteiger partial charge in [-0.25, -0.2) is 0 Å². The van der Waals surface area contributed by atoms with Crippen molar-refractivity contribution in [1.29, 1.82) is 0 Å². The van der Waals surface area contributed by atoms with Gasteiger partial charge in [-0.2, -0.15) is 0 Å². The van der Waals surface area contributed by atoms with Gasteiger partial charge in [0.2, 0.25) is 0 Å². The van der Waals surface area contributed by atoms with Crippen molar-refractivity contribution in [2.45, 2.75) is 47.0 Å². The van der Waals surface area contributed by atoms with E-state index in [-0.39, 0.29) is 6.61 Å². The van der Waals surface area contributed by atoms with E-state index >= 15 is 0 Å². The van der Waals surface area contributed by atoms with Crippen LogP contribution in [-0.2, 0) is 11.3 Å². The first-order valence-corrected chi connectivity index (χ1v) is 10.6. The van der Waals surface area contributed by atoms with Crippen molar-refractivity contribution in [3.63, 3.8) is 0 Å². The van der Waals surface area contributed by atoms with Crippen LogP contribution in [0.25, 0.3) is 10.9 Å². The lowest BCUT2D eigenvalue weighted by atomic mass is 9.98. The van der Waals surface area contributed by atoms with Gasteiger partial charge in [0, 0.05) is 21.4 Å². The van der Waals surface area contributed by atoms with E-state index in [0.29, 0.717) is 10.5 Å². The van der Waals surface area contributed by atoms with Gasteiger partial charge >= 0.3 is 0 Å². The molecule has 0 amide bonds. The van der Waals surface area contributed by atoms with Crippen molar-refractivity contribution in [3.05, 3.63) is 59.2 Å². The number of benzene rings is 2. The largest absolute Gasteiger partial charge is 0.394 e. The number of hydrogen-bond acceptors (Lipinski definition) is 7. The highest BCUT2D eigenvalue weighted by atomic mass is 35.5. The third-order valence-electron chi connectivity index (χ3n) is 5.25. The van der Waals surface area contributed by atoms with Crippen molar-refractivity contribution < 1.29 is 30.3 Å². The Kier molecular flexibility index (Phi) is 6.38. The number of hydrogen-bond donors (Lipinski definition) is 5. The lowest BCUT2D eigenvalue weighted by Crippen LogP contribution is -2.56. The monoisotopic (exact) mass is 451 g/mol. The molecule has 0 saturated carbocycles. The second-order valence-corrected chi connectivity index (χ2v) is 8.68. The highest BCUT2D eigenvalue weighted by Gasteiger charge is 2.44. The molecular formula is C21H22ClNO6S. The molecule has 9 heteroatoms. The maximum absolute atomic E-state index is 10.6. The number of halogens is 1. The molecule has 1 fully saturated rings. The Labute approximate surface area is 182 Å². The minimum atomic E-state index is -1.47. The topological polar surface area (TPSA) is 115 Å². The molecule has 1 aliphatic heterocycles. The van der Waals surface area contributed by atoms with Crippen LogP contribution in [0.1, 0.15) is 11.8 Å². The summed E-state index contributed by atoms with van der Waals surface area (Å²) < 4.78 is 7.39. The molecule has 5 N–H and O–H groups in total. The first-order valence-electron chi connectivity index (χ1n) is 9.41. The summed E-state index contributed by atoms with van der Waals surface area (Å²) in [5.41, 5.74) is 1.49. The summed E-state index contributed by atoms with van der Waals surface area (Å²) >= 11 is 7.94. The number of nitrogens with zero attached hydrogens (tertiary/aromatic N) is 1. The highest BCUT2D eigenvalue weighted by molar-refractivity contribution is 7.99. The SMILES string of the molecule is OCc1ccc(Sc2cn([C@@H]3O[C@H](CO)[C@@H](O)[C@H](O)[C@H]3O)c3cccc(Cl)c23)cc1. The number of aromatic nitrogens is 1. The van der Waals surface area contributed by atoms with Gasteiger partial charge in [0.05, 0.1) is 23.8 Å². The van der Waals surface area contributed by atoms with Gasteiger partial charge in [-0.3, -0.25) is 0 Å². The molecule has 7 nitrogen and oxygen atoms in total. The van der Waals surface area contributed by atoms with E-state index in [1.165, 1.54) is 11.8 Å². The molecule has 0 aliphatic carbocycles. The predicted molar refractivity (Wildman–Crippen MR) is 112 cm³/mol. The van der Waals surface area contributed by atoms with E-state index in [2.05, 4.69) is 0 Å². The van der Waals surface area contributed by atoms with Crippen molar-refractivity contribution in [2.75, 3.05) is 6.61 Å². The van der Waals surface area contributed by atoms with Gasteiger partial charge in [-0.05, 0) is 29.8 Å². The Morgan fingerprint density at radius 2 is 1.70 bits per heavy atom. The molecule has 0 bridgehead atoms. The Morgan fingerprint density at radius 3 is 2.37 bits per heavy atom. The minimum absolute atomic E-state index is 0.0345. The molecule has 160 valence electrons. The molecule has 2 aromatic carbocycles. The maximum atomic E-state index is 10.6. The Bertz CT molecular complexity index is 1020. The summed E-state index contributed by atoms with van der Waals surface area (Å²) in [6, 6.07) is 12.8. The summed E-state index contributed by atoms with van der Waals surface area (Å²) in [7, 11) is 0. The fourth-order valence-corrected chi connectivity index (χ4v) is 4.96. The van der Waals surface area contributed by atoms with Gasteiger partial charge < -0.3 is 34.8 Å². The highest BCUT2D eigenvalue weighted by Crippen LogP contribution is 2.41. The van der Waals surface area contributed by atoms with E-state index in [0.717, 1.165) is 20.7 Å². The molecule has 0 spiro atoms. The van der Waals surface area contributed by atoms with Crippen molar-refractivity contribution in [3.8, 4) is 0 Å². The smallest absolute Gasteiger partial charge is 0.163 e. The fourth-order valence-electron chi connectivity index (χ4n) is 3.62. The molecule has 5 atom stereocenters. The average Bonchev–Trinajstić information content (AvgIpc) is 3.12. The summed E-state index contributed by atoms with van der Waals surface area (Å²) in [6.45, 7) is -0.534. The van der Waals surface area contributed by atoms with Crippen LogP contribution >= 0.6 is 23.4 Å². The molecular weight excluding hydrogens is 430 g/mol. The normalized spacial score (nSPS) is 26.9. The van der Waals surface area contributed by atoms with Crippen LogP contribution < -0.4 is 0 Å². The number of fused-ring (bicyclic) bond motifs is 1. The lowest BCUT2D eigenvalue weighted by molar-refractivity contribution is -0.250. The van der Waals surface area contributed by atoms with Gasteiger partial charge in [-0.15, -0.1) is 0 Å². The van der Waals surface area contributed by atoms with Crippen LogP contribution in [0.4, 0.5) is 0 Å². The number of aliphatic hydroxyl groups excluding tert-OH is 5. The molecule has 2 heterocycles. The molecule has 1 saturated heterocycles. The first-order chi connectivity index (χ1) is 14.4. The van der Waals surface area contributed by atoms with Gasteiger partial charge in [-0.1, -0.05) is 41.6 Å². The summed E-state index contributed by atoms with van der Waals surface area (Å²) in [5, 5.41) is 50.8. The summed E-state index contributed by atoms with van der Waals surface area (Å²) in [5.74, 6) is 0. The second kappa shape index (κ2) is 8.86. The van der Waals surface area contributed by atoms with E-state index < -0.39 is 37.3 Å². The fraction of sp³-hybridized carbons (Fsp3) is 0.333. The zero-order chi connectivity index (χ0) is 21.4. The zero-order valence-corrected chi connectivity index (χ0v) is 17.4. The van der Waals surface area contributed by atoms with E-state index in [4.69, 9.17) is 16.3 Å². The third-order valence-corrected chi connectivity index (χ3v) is 6.60. The molecule has 0 unspecified atom stereocenters. The predicted octanol–water partition coefficient (Wildman–Crippen LogP) is 1.91. The van der Waals surface area contributed by atoms with Crippen LogP contribution in [0.15, 0.2) is 58.5 Å². The molecule has 30 heavy (non-hydrogen) atoms. The lowest BCUT2D eigenvalue weighted by Gasteiger charge is -2.40. The molecule has 1 aliphatic rings. The quantitative estimate of drug-likeness (QED) is 0.402. The van der Waals surface area contributed by atoms with Gasteiger partial charge in [0.25, 0.3) is 0 Å². The number of rotatable bonds is 5. The summed E-state index contributed by atoms with van der Waals surface area (Å²) in [6.07, 6.45) is -4.56. The van der Waals surface area contributed by atoms with Crippen molar-refractivity contribution in [2.24, 2.45) is 0 Å². The van der Waals surface area contributed by atoms with Gasteiger partial charge in [0.15, 0.2) is 6.23 Å². The first kappa shape index (κ1) is 21.6. The Hall–Kier alpha value is -1.62. The van der Waals surface area contributed by atoms with Gasteiger partial charge in [0.1, 0.15) is 24.4 Å². The molecule has 3 aromatic rings. The van der Waals surface area contributed by atoms with Crippen LogP contribution in [-0.4, -0.2) is 61.1 Å². The van der Waals surface area contributed by atoms with E-state index in [9.17, 15) is 25.5 Å². The Balaban J connectivity index is 1.76.